The van der Waals surface area contributed by atoms with Crippen molar-refractivity contribution >= 4 is 5.91 Å². The molecule has 2 aliphatic rings. The highest BCUT2D eigenvalue weighted by Gasteiger charge is 2.40. The van der Waals surface area contributed by atoms with E-state index < -0.39 is 11.6 Å². The van der Waals surface area contributed by atoms with Crippen molar-refractivity contribution in [2.75, 3.05) is 6.61 Å². The van der Waals surface area contributed by atoms with Crippen LogP contribution in [0.1, 0.15) is 53.8 Å². The van der Waals surface area contributed by atoms with E-state index >= 15 is 0 Å². The van der Waals surface area contributed by atoms with Gasteiger partial charge in [0.25, 0.3) is 5.91 Å². The van der Waals surface area contributed by atoms with Gasteiger partial charge in [-0.2, -0.15) is 0 Å². The van der Waals surface area contributed by atoms with Gasteiger partial charge in [0.15, 0.2) is 0 Å². The molecule has 2 heterocycles. The Morgan fingerprint density at radius 3 is 2.73 bits per heavy atom. The maximum atomic E-state index is 13.1. The number of rotatable bonds is 4. The fourth-order valence-electron chi connectivity index (χ4n) is 4.09. The molecule has 2 unspecified atom stereocenters. The van der Waals surface area contributed by atoms with Crippen LogP contribution in [0.3, 0.4) is 0 Å². The number of benzene rings is 2. The van der Waals surface area contributed by atoms with E-state index in [1.54, 1.807) is 25.1 Å². The van der Waals surface area contributed by atoms with Gasteiger partial charge in [-0.1, -0.05) is 24.8 Å². The number of carbonyl (C=O) groups excluding carboxylic acids is 1. The molecule has 158 valence electrons. The largest absolute Gasteiger partial charge is 0.490 e. The van der Waals surface area contributed by atoms with Crippen LogP contribution in [0.25, 0.3) is 0 Å². The van der Waals surface area contributed by atoms with Gasteiger partial charge in [-0.05, 0) is 38.1 Å². The van der Waals surface area contributed by atoms with Gasteiger partial charge in [0.1, 0.15) is 23.7 Å². The Hall–Kier alpha value is -3.19. The molecule has 0 aromatic heterocycles. The van der Waals surface area contributed by atoms with Gasteiger partial charge >= 0.3 is 0 Å². The SMILES string of the molecule is C=C(N)NC1CC(C)Oc2ccc(C(=O)N[C@@H]3c4ccccc4OC[C@@]3(C)O)cc21. The van der Waals surface area contributed by atoms with Crippen LogP contribution in [0, 0.1) is 0 Å². The van der Waals surface area contributed by atoms with Gasteiger partial charge in [0.05, 0.1) is 24.0 Å². The minimum atomic E-state index is -1.24. The van der Waals surface area contributed by atoms with Crippen molar-refractivity contribution in [1.29, 1.82) is 0 Å². The van der Waals surface area contributed by atoms with Crippen molar-refractivity contribution in [1.82, 2.24) is 10.6 Å². The first-order chi connectivity index (χ1) is 14.2. The van der Waals surface area contributed by atoms with E-state index in [0.29, 0.717) is 29.3 Å². The number of hydrogen-bond donors (Lipinski definition) is 4. The Morgan fingerprint density at radius 2 is 1.97 bits per heavy atom. The Labute approximate surface area is 175 Å². The average Bonchev–Trinajstić information content (AvgIpc) is 2.69. The maximum Gasteiger partial charge on any atom is 0.251 e. The second-order valence-corrected chi connectivity index (χ2v) is 8.23. The average molecular weight is 409 g/mol. The Morgan fingerprint density at radius 1 is 1.20 bits per heavy atom. The zero-order chi connectivity index (χ0) is 21.5. The summed E-state index contributed by atoms with van der Waals surface area (Å²) in [7, 11) is 0. The molecule has 0 bridgehead atoms. The standard InChI is InChI=1S/C23H27N3O4/c1-13-10-18(25-14(2)24)17-11-15(8-9-20(17)30-13)22(27)26-21-16-6-4-5-7-19(16)29-12-23(21,3)28/h4-9,11,13,18,21,25,28H,2,10,12,24H2,1,3H3,(H,26,27)/t13?,18?,21-,23-/m1/s1. The monoisotopic (exact) mass is 409 g/mol. The lowest BCUT2D eigenvalue weighted by Crippen LogP contribution is -2.50. The lowest BCUT2D eigenvalue weighted by Gasteiger charge is -2.38. The first-order valence-electron chi connectivity index (χ1n) is 10.0. The van der Waals surface area contributed by atoms with Crippen molar-refractivity contribution < 1.29 is 19.4 Å². The van der Waals surface area contributed by atoms with Crippen LogP contribution < -0.4 is 25.8 Å². The van der Waals surface area contributed by atoms with Crippen LogP contribution in [0.5, 0.6) is 11.5 Å². The molecule has 2 aromatic rings. The predicted molar refractivity (Wildman–Crippen MR) is 113 cm³/mol. The van der Waals surface area contributed by atoms with Crippen LogP contribution >= 0.6 is 0 Å². The van der Waals surface area contributed by atoms with E-state index in [2.05, 4.69) is 17.2 Å². The number of fused-ring (bicyclic) bond motifs is 2. The van der Waals surface area contributed by atoms with E-state index in [-0.39, 0.29) is 24.7 Å². The Bertz CT molecular complexity index is 988. The summed E-state index contributed by atoms with van der Waals surface area (Å²) in [5.74, 6) is 1.45. The van der Waals surface area contributed by atoms with Gasteiger partial charge in [0.2, 0.25) is 0 Å². The Kier molecular flexibility index (Phi) is 5.07. The molecule has 1 amide bonds. The molecule has 4 atom stereocenters. The van der Waals surface area contributed by atoms with Crippen molar-refractivity contribution in [3.05, 3.63) is 71.6 Å². The van der Waals surface area contributed by atoms with Gasteiger partial charge in [-0.15, -0.1) is 0 Å². The van der Waals surface area contributed by atoms with Gasteiger partial charge in [0, 0.05) is 23.1 Å². The zero-order valence-electron chi connectivity index (χ0n) is 17.1. The molecule has 7 heteroatoms. The van der Waals surface area contributed by atoms with Crippen LogP contribution in [-0.2, 0) is 0 Å². The summed E-state index contributed by atoms with van der Waals surface area (Å²) < 4.78 is 11.6. The summed E-state index contributed by atoms with van der Waals surface area (Å²) in [6.45, 7) is 7.46. The molecule has 2 aliphatic heterocycles. The van der Waals surface area contributed by atoms with E-state index in [1.807, 2.05) is 31.2 Å². The third-order valence-electron chi connectivity index (χ3n) is 5.55. The van der Waals surface area contributed by atoms with Crippen molar-refractivity contribution in [3.8, 4) is 11.5 Å². The van der Waals surface area contributed by atoms with Crippen LogP contribution in [-0.4, -0.2) is 29.3 Å². The quantitative estimate of drug-likeness (QED) is 0.618. The van der Waals surface area contributed by atoms with Crippen molar-refractivity contribution in [2.45, 2.75) is 44.1 Å². The molecule has 0 fully saturated rings. The molecule has 0 saturated carbocycles. The molecule has 0 saturated heterocycles. The normalized spacial score (nSPS) is 27.0. The zero-order valence-corrected chi connectivity index (χ0v) is 17.1. The number of nitrogens with two attached hydrogens (primary N) is 1. The van der Waals surface area contributed by atoms with E-state index in [4.69, 9.17) is 15.2 Å². The number of nitrogens with one attached hydrogen (secondary N) is 2. The number of para-hydroxylation sites is 1. The molecular formula is C23H27N3O4. The number of amides is 1. The molecule has 0 radical (unpaired) electrons. The van der Waals surface area contributed by atoms with E-state index in [1.165, 1.54) is 0 Å². The number of aliphatic hydroxyl groups is 1. The molecule has 2 aromatic carbocycles. The topological polar surface area (TPSA) is 106 Å². The lowest BCUT2D eigenvalue weighted by atomic mass is 9.87. The summed E-state index contributed by atoms with van der Waals surface area (Å²) in [5.41, 5.74) is 6.59. The first kappa shape index (κ1) is 20.1. The molecule has 0 spiro atoms. The summed E-state index contributed by atoms with van der Waals surface area (Å²) in [6.07, 6.45) is 0.721. The van der Waals surface area contributed by atoms with Crippen molar-refractivity contribution in [2.24, 2.45) is 5.73 Å². The van der Waals surface area contributed by atoms with Crippen LogP contribution in [0.4, 0.5) is 0 Å². The fraction of sp³-hybridized carbons (Fsp3) is 0.348. The molecule has 5 N–H and O–H groups in total. The Balaban J connectivity index is 1.62. The molecule has 30 heavy (non-hydrogen) atoms. The summed E-state index contributed by atoms with van der Waals surface area (Å²) in [6, 6.07) is 12.0. The maximum absolute atomic E-state index is 13.1. The highest BCUT2D eigenvalue weighted by molar-refractivity contribution is 5.95. The van der Waals surface area contributed by atoms with Gasteiger partial charge in [-0.3, -0.25) is 4.79 Å². The van der Waals surface area contributed by atoms with Gasteiger partial charge < -0.3 is 30.9 Å². The van der Waals surface area contributed by atoms with Gasteiger partial charge in [-0.25, -0.2) is 0 Å². The minimum Gasteiger partial charge on any atom is -0.490 e. The van der Waals surface area contributed by atoms with Crippen molar-refractivity contribution in [3.63, 3.8) is 0 Å². The number of ether oxygens (including phenoxy) is 2. The number of hydrogen-bond acceptors (Lipinski definition) is 6. The summed E-state index contributed by atoms with van der Waals surface area (Å²) >= 11 is 0. The lowest BCUT2D eigenvalue weighted by molar-refractivity contribution is -0.0341. The molecule has 7 nitrogen and oxygen atoms in total. The third kappa shape index (κ3) is 3.80. The molecular weight excluding hydrogens is 382 g/mol. The predicted octanol–water partition coefficient (Wildman–Crippen LogP) is 2.53. The fourth-order valence-corrected chi connectivity index (χ4v) is 4.09. The molecule has 4 rings (SSSR count). The smallest absolute Gasteiger partial charge is 0.251 e. The first-order valence-corrected chi connectivity index (χ1v) is 10.0. The van der Waals surface area contributed by atoms with Crippen LogP contribution in [0.2, 0.25) is 0 Å². The third-order valence-corrected chi connectivity index (χ3v) is 5.55. The second kappa shape index (κ2) is 7.57. The summed E-state index contributed by atoms with van der Waals surface area (Å²) in [4.78, 5) is 13.1. The molecule has 0 aliphatic carbocycles. The highest BCUT2D eigenvalue weighted by Crippen LogP contribution is 2.39. The van der Waals surface area contributed by atoms with Crippen LogP contribution in [0.15, 0.2) is 54.9 Å². The summed E-state index contributed by atoms with van der Waals surface area (Å²) in [5, 5.41) is 17.0. The highest BCUT2D eigenvalue weighted by atomic mass is 16.5. The number of carbonyl (C=O) groups is 1. The minimum absolute atomic E-state index is 0.0165. The second-order valence-electron chi connectivity index (χ2n) is 8.23. The van der Waals surface area contributed by atoms with E-state index in [0.717, 1.165) is 11.1 Å². The van der Waals surface area contributed by atoms with E-state index in [9.17, 15) is 9.90 Å².